The molecule has 1 aliphatic heterocycles. The summed E-state index contributed by atoms with van der Waals surface area (Å²) in [6.07, 6.45) is -2.32. The SMILES string of the molecule is O=C(O)OC1CN(CC(O)CO)C1. The number of β-amino-alcohol motifs (C(OH)–C–C–N with tert-alkyl or cyclic N) is 1. The second-order valence-corrected chi connectivity index (χ2v) is 3.06. The summed E-state index contributed by atoms with van der Waals surface area (Å²) >= 11 is 0. The first-order valence-corrected chi connectivity index (χ1v) is 4.02. The van der Waals surface area contributed by atoms with Gasteiger partial charge in [0.05, 0.1) is 12.7 Å². The largest absolute Gasteiger partial charge is 0.506 e. The van der Waals surface area contributed by atoms with Crippen LogP contribution in [0.2, 0.25) is 0 Å². The van der Waals surface area contributed by atoms with Gasteiger partial charge in [-0.3, -0.25) is 4.90 Å². The molecular formula is C7H13NO5. The molecular weight excluding hydrogens is 178 g/mol. The number of aliphatic hydroxyl groups is 2. The maximum atomic E-state index is 10.1. The van der Waals surface area contributed by atoms with Gasteiger partial charge in [0.1, 0.15) is 6.10 Å². The van der Waals surface area contributed by atoms with Gasteiger partial charge in [-0.15, -0.1) is 0 Å². The first-order chi connectivity index (χ1) is 6.11. The van der Waals surface area contributed by atoms with Gasteiger partial charge >= 0.3 is 6.16 Å². The second kappa shape index (κ2) is 4.40. The number of likely N-dealkylation sites (tertiary alicyclic amines) is 1. The molecule has 13 heavy (non-hydrogen) atoms. The van der Waals surface area contributed by atoms with Gasteiger partial charge in [-0.05, 0) is 0 Å². The van der Waals surface area contributed by atoms with Gasteiger partial charge < -0.3 is 20.1 Å². The highest BCUT2D eigenvalue weighted by molar-refractivity contribution is 5.57. The molecule has 0 aromatic rings. The van der Waals surface area contributed by atoms with Crippen LogP contribution in [-0.2, 0) is 4.74 Å². The van der Waals surface area contributed by atoms with Crippen molar-refractivity contribution in [3.63, 3.8) is 0 Å². The molecule has 3 N–H and O–H groups in total. The predicted molar refractivity (Wildman–Crippen MR) is 42.4 cm³/mol. The Morgan fingerprint density at radius 3 is 2.69 bits per heavy atom. The third-order valence-corrected chi connectivity index (χ3v) is 1.87. The molecule has 0 aliphatic carbocycles. The molecule has 1 heterocycles. The molecule has 0 aromatic heterocycles. The van der Waals surface area contributed by atoms with Crippen LogP contribution >= 0.6 is 0 Å². The lowest BCUT2D eigenvalue weighted by molar-refractivity contribution is -0.0525. The third kappa shape index (κ3) is 3.17. The summed E-state index contributed by atoms with van der Waals surface area (Å²) in [5.41, 5.74) is 0. The average molecular weight is 191 g/mol. The third-order valence-electron chi connectivity index (χ3n) is 1.87. The molecule has 1 saturated heterocycles. The highest BCUT2D eigenvalue weighted by Gasteiger charge is 2.30. The van der Waals surface area contributed by atoms with E-state index in [1.165, 1.54) is 0 Å². The molecule has 0 spiro atoms. The van der Waals surface area contributed by atoms with E-state index in [4.69, 9.17) is 15.3 Å². The van der Waals surface area contributed by atoms with Crippen molar-refractivity contribution in [2.24, 2.45) is 0 Å². The Morgan fingerprint density at radius 1 is 1.62 bits per heavy atom. The van der Waals surface area contributed by atoms with Crippen molar-refractivity contribution in [3.05, 3.63) is 0 Å². The molecule has 1 unspecified atom stereocenters. The van der Waals surface area contributed by atoms with Gasteiger partial charge in [0, 0.05) is 19.6 Å². The normalized spacial score (nSPS) is 20.8. The Kier molecular flexibility index (Phi) is 3.47. The van der Waals surface area contributed by atoms with Crippen molar-refractivity contribution in [2.75, 3.05) is 26.2 Å². The summed E-state index contributed by atoms with van der Waals surface area (Å²) in [5.74, 6) is 0. The number of hydrogen-bond donors (Lipinski definition) is 3. The summed E-state index contributed by atoms with van der Waals surface area (Å²) in [6.45, 7) is 1.06. The van der Waals surface area contributed by atoms with E-state index in [-0.39, 0.29) is 12.7 Å². The number of ether oxygens (including phenoxy) is 1. The zero-order chi connectivity index (χ0) is 9.84. The average Bonchev–Trinajstić information content (AvgIpc) is 1.99. The molecule has 1 atom stereocenters. The van der Waals surface area contributed by atoms with Crippen LogP contribution in [0.5, 0.6) is 0 Å². The number of carbonyl (C=O) groups is 1. The second-order valence-electron chi connectivity index (χ2n) is 3.06. The summed E-state index contributed by atoms with van der Waals surface area (Å²) in [4.78, 5) is 11.9. The summed E-state index contributed by atoms with van der Waals surface area (Å²) < 4.78 is 4.46. The van der Waals surface area contributed by atoms with Crippen LogP contribution in [0.3, 0.4) is 0 Å². The molecule has 76 valence electrons. The van der Waals surface area contributed by atoms with Crippen LogP contribution in [-0.4, -0.2) is 64.8 Å². The lowest BCUT2D eigenvalue weighted by Crippen LogP contribution is -2.55. The molecule has 1 aliphatic rings. The van der Waals surface area contributed by atoms with Gasteiger partial charge in [0.25, 0.3) is 0 Å². The van der Waals surface area contributed by atoms with Gasteiger partial charge in [0.2, 0.25) is 0 Å². The lowest BCUT2D eigenvalue weighted by atomic mass is 10.1. The minimum absolute atomic E-state index is 0.277. The number of hydrogen-bond acceptors (Lipinski definition) is 5. The molecule has 6 heteroatoms. The number of carboxylic acid groups (broad SMARTS) is 1. The topological polar surface area (TPSA) is 90.2 Å². The Hall–Kier alpha value is -0.850. The van der Waals surface area contributed by atoms with E-state index in [2.05, 4.69) is 4.74 Å². The molecule has 0 radical (unpaired) electrons. The monoisotopic (exact) mass is 191 g/mol. The molecule has 1 fully saturated rings. The highest BCUT2D eigenvalue weighted by Crippen LogP contribution is 2.11. The summed E-state index contributed by atoms with van der Waals surface area (Å²) in [5, 5.41) is 25.8. The molecule has 0 amide bonds. The zero-order valence-corrected chi connectivity index (χ0v) is 7.09. The quantitative estimate of drug-likeness (QED) is 0.479. The fourth-order valence-corrected chi connectivity index (χ4v) is 1.24. The lowest BCUT2D eigenvalue weighted by Gasteiger charge is -2.38. The minimum Gasteiger partial charge on any atom is -0.450 e. The first kappa shape index (κ1) is 10.2. The maximum Gasteiger partial charge on any atom is 0.506 e. The summed E-state index contributed by atoms with van der Waals surface area (Å²) in [6, 6.07) is 0. The van der Waals surface area contributed by atoms with E-state index in [0.29, 0.717) is 19.6 Å². The molecule has 0 bridgehead atoms. The van der Waals surface area contributed by atoms with E-state index >= 15 is 0 Å². The highest BCUT2D eigenvalue weighted by atomic mass is 16.7. The molecule has 6 nitrogen and oxygen atoms in total. The van der Waals surface area contributed by atoms with Crippen molar-refractivity contribution >= 4 is 6.16 Å². The van der Waals surface area contributed by atoms with Crippen LogP contribution in [0.1, 0.15) is 0 Å². The van der Waals surface area contributed by atoms with Crippen molar-refractivity contribution in [3.8, 4) is 0 Å². The van der Waals surface area contributed by atoms with Gasteiger partial charge in [-0.1, -0.05) is 0 Å². The Labute approximate surface area is 75.3 Å². The summed E-state index contributed by atoms with van der Waals surface area (Å²) in [7, 11) is 0. The van der Waals surface area contributed by atoms with Crippen LogP contribution in [0.25, 0.3) is 0 Å². The molecule has 0 saturated carbocycles. The van der Waals surface area contributed by atoms with Gasteiger partial charge in [-0.25, -0.2) is 4.79 Å². The van der Waals surface area contributed by atoms with Gasteiger partial charge in [0.15, 0.2) is 0 Å². The van der Waals surface area contributed by atoms with E-state index < -0.39 is 12.3 Å². The maximum absolute atomic E-state index is 10.1. The van der Waals surface area contributed by atoms with Crippen LogP contribution < -0.4 is 0 Å². The zero-order valence-electron chi connectivity index (χ0n) is 7.09. The molecule has 0 aromatic carbocycles. The van der Waals surface area contributed by atoms with Crippen molar-refractivity contribution < 1.29 is 24.9 Å². The predicted octanol–water partition coefficient (Wildman–Crippen LogP) is -1.28. The van der Waals surface area contributed by atoms with E-state index in [1.807, 2.05) is 4.90 Å². The van der Waals surface area contributed by atoms with Crippen molar-refractivity contribution in [1.29, 1.82) is 0 Å². The fraction of sp³-hybridized carbons (Fsp3) is 0.857. The van der Waals surface area contributed by atoms with Crippen LogP contribution in [0, 0.1) is 0 Å². The Balaban J connectivity index is 2.08. The number of aliphatic hydroxyl groups excluding tert-OH is 2. The van der Waals surface area contributed by atoms with Crippen LogP contribution in [0.15, 0.2) is 0 Å². The van der Waals surface area contributed by atoms with Gasteiger partial charge in [-0.2, -0.15) is 0 Å². The van der Waals surface area contributed by atoms with E-state index in [1.54, 1.807) is 0 Å². The standard InChI is InChI=1S/C7H13NO5/c9-4-5(10)1-8-2-6(3-8)13-7(11)12/h5-6,9-10H,1-4H2,(H,11,12). The smallest absolute Gasteiger partial charge is 0.450 e. The van der Waals surface area contributed by atoms with Crippen LogP contribution in [0.4, 0.5) is 4.79 Å². The van der Waals surface area contributed by atoms with Crippen molar-refractivity contribution in [1.82, 2.24) is 4.90 Å². The van der Waals surface area contributed by atoms with Crippen molar-refractivity contribution in [2.45, 2.75) is 12.2 Å². The number of rotatable bonds is 4. The number of nitrogens with zero attached hydrogens (tertiary/aromatic N) is 1. The van der Waals surface area contributed by atoms with E-state index in [9.17, 15) is 4.79 Å². The van der Waals surface area contributed by atoms with E-state index in [0.717, 1.165) is 0 Å². The fourth-order valence-electron chi connectivity index (χ4n) is 1.24. The Bertz CT molecular complexity index is 180. The molecule has 1 rings (SSSR count). The minimum atomic E-state index is -1.27. The Morgan fingerprint density at radius 2 is 2.23 bits per heavy atom. The first-order valence-electron chi connectivity index (χ1n) is 4.02.